The van der Waals surface area contributed by atoms with Crippen molar-refractivity contribution in [3.63, 3.8) is 0 Å². The fourth-order valence-electron chi connectivity index (χ4n) is 6.31. The number of likely N-dealkylation sites (tertiary alicyclic amines) is 1. The lowest BCUT2D eigenvalue weighted by Gasteiger charge is -2.44. The van der Waals surface area contributed by atoms with Crippen molar-refractivity contribution in [3.8, 4) is 5.75 Å². The summed E-state index contributed by atoms with van der Waals surface area (Å²) >= 11 is 0. The van der Waals surface area contributed by atoms with E-state index in [1.54, 1.807) is 38.0 Å². The molecular formula is C29H49N3O5S. The fourth-order valence-corrected chi connectivity index (χ4v) is 7.87. The van der Waals surface area contributed by atoms with Crippen LogP contribution in [0.3, 0.4) is 0 Å². The largest absolute Gasteiger partial charge is 0.497 e. The first-order valence-electron chi connectivity index (χ1n) is 13.9. The van der Waals surface area contributed by atoms with Gasteiger partial charge >= 0.3 is 0 Å². The molecular weight excluding hydrogens is 502 g/mol. The predicted molar refractivity (Wildman–Crippen MR) is 151 cm³/mol. The molecule has 1 aliphatic heterocycles. The minimum atomic E-state index is -3.69. The summed E-state index contributed by atoms with van der Waals surface area (Å²) in [5, 5.41) is 0. The first-order chi connectivity index (χ1) is 17.7. The summed E-state index contributed by atoms with van der Waals surface area (Å²) in [6.07, 6.45) is 4.93. The Balaban J connectivity index is 1.48. The standard InChI is InChI=1S/C29H49N3O5S/c1-22-17-25(36-8)18-23(2)27(22)38(34,35)31(7)15-16-37-20-26(33)30(6)19-24-11-12-29(5,28(24,3)4)21-32-13-9-10-14-32/h17-18,24H,9-16,19-21H2,1-8H3/t24-,29+/m1/s1. The number of hydrogen-bond donors (Lipinski definition) is 0. The SMILES string of the molecule is COc1cc(C)c(S(=O)(=O)N(C)CCOCC(=O)N(C)C[C@H]2CC[C@@](C)(CN3CCCC3)C2(C)C)c(C)c1. The summed E-state index contributed by atoms with van der Waals surface area (Å²) in [5.74, 6) is 1.00. The average Bonchev–Trinajstić information content (AvgIpc) is 3.42. The van der Waals surface area contributed by atoms with E-state index < -0.39 is 10.0 Å². The second-order valence-electron chi connectivity index (χ2n) is 12.2. The van der Waals surface area contributed by atoms with E-state index in [2.05, 4.69) is 25.7 Å². The highest BCUT2D eigenvalue weighted by molar-refractivity contribution is 7.89. The van der Waals surface area contributed by atoms with Gasteiger partial charge in [-0.2, -0.15) is 4.31 Å². The minimum absolute atomic E-state index is 0.0524. The highest BCUT2D eigenvalue weighted by Gasteiger charge is 2.52. The van der Waals surface area contributed by atoms with Gasteiger partial charge in [0, 0.05) is 33.7 Å². The van der Waals surface area contributed by atoms with Gasteiger partial charge < -0.3 is 19.3 Å². The van der Waals surface area contributed by atoms with Crippen molar-refractivity contribution in [2.75, 3.05) is 67.1 Å². The van der Waals surface area contributed by atoms with Gasteiger partial charge in [-0.15, -0.1) is 0 Å². The quantitative estimate of drug-likeness (QED) is 0.366. The van der Waals surface area contributed by atoms with Crippen molar-refractivity contribution in [3.05, 3.63) is 23.3 Å². The maximum Gasteiger partial charge on any atom is 0.248 e. The van der Waals surface area contributed by atoms with Gasteiger partial charge in [-0.3, -0.25) is 4.79 Å². The molecule has 0 N–H and O–H groups in total. The van der Waals surface area contributed by atoms with Crippen LogP contribution in [-0.4, -0.2) is 95.6 Å². The fraction of sp³-hybridized carbons (Fsp3) is 0.759. The molecule has 0 bridgehead atoms. The normalized spacial score (nSPS) is 23.8. The number of carbonyl (C=O) groups is 1. The van der Waals surface area contributed by atoms with Gasteiger partial charge in [0.25, 0.3) is 0 Å². The van der Waals surface area contributed by atoms with E-state index in [9.17, 15) is 13.2 Å². The van der Waals surface area contributed by atoms with Crippen LogP contribution in [0.1, 0.15) is 57.6 Å². The number of sulfonamides is 1. The van der Waals surface area contributed by atoms with Crippen LogP contribution in [0.15, 0.2) is 17.0 Å². The molecule has 38 heavy (non-hydrogen) atoms. The highest BCUT2D eigenvalue weighted by atomic mass is 32.2. The molecule has 1 amide bonds. The third-order valence-corrected chi connectivity index (χ3v) is 11.6. The second-order valence-corrected chi connectivity index (χ2v) is 14.2. The number of amides is 1. The molecule has 1 aliphatic carbocycles. The lowest BCUT2D eigenvalue weighted by Crippen LogP contribution is -2.46. The Kier molecular flexibility index (Phi) is 9.93. The third-order valence-electron chi connectivity index (χ3n) is 9.43. The van der Waals surface area contributed by atoms with Crippen molar-refractivity contribution in [1.82, 2.24) is 14.1 Å². The Morgan fingerprint density at radius 3 is 2.29 bits per heavy atom. The number of hydrogen-bond acceptors (Lipinski definition) is 6. The molecule has 216 valence electrons. The molecule has 1 heterocycles. The van der Waals surface area contributed by atoms with Crippen LogP contribution in [0, 0.1) is 30.6 Å². The molecule has 2 fully saturated rings. The number of ether oxygens (including phenoxy) is 2. The first-order valence-corrected chi connectivity index (χ1v) is 15.3. The van der Waals surface area contributed by atoms with Gasteiger partial charge in [-0.25, -0.2) is 8.42 Å². The molecule has 0 radical (unpaired) electrons. The third kappa shape index (κ3) is 6.54. The van der Waals surface area contributed by atoms with Gasteiger partial charge in [0.05, 0.1) is 18.6 Å². The molecule has 0 aromatic heterocycles. The Hall–Kier alpha value is -1.68. The summed E-state index contributed by atoms with van der Waals surface area (Å²) in [4.78, 5) is 17.5. The molecule has 1 saturated heterocycles. The van der Waals surface area contributed by atoms with Gasteiger partial charge in [0.1, 0.15) is 12.4 Å². The van der Waals surface area contributed by atoms with Crippen LogP contribution in [0.25, 0.3) is 0 Å². The smallest absolute Gasteiger partial charge is 0.248 e. The minimum Gasteiger partial charge on any atom is -0.497 e. The molecule has 1 saturated carbocycles. The molecule has 2 atom stereocenters. The molecule has 1 aromatic rings. The van der Waals surface area contributed by atoms with Gasteiger partial charge in [-0.1, -0.05) is 20.8 Å². The van der Waals surface area contributed by atoms with E-state index >= 15 is 0 Å². The Labute approximate surface area is 230 Å². The van der Waals surface area contributed by atoms with Crippen molar-refractivity contribution >= 4 is 15.9 Å². The zero-order chi connectivity index (χ0) is 28.3. The van der Waals surface area contributed by atoms with Gasteiger partial charge in [0.2, 0.25) is 15.9 Å². The van der Waals surface area contributed by atoms with Crippen LogP contribution in [0.2, 0.25) is 0 Å². The molecule has 0 spiro atoms. The van der Waals surface area contributed by atoms with E-state index in [1.807, 2.05) is 7.05 Å². The number of rotatable bonds is 12. The summed E-state index contributed by atoms with van der Waals surface area (Å²) in [6, 6.07) is 3.44. The molecule has 2 aliphatic rings. The maximum atomic E-state index is 13.2. The number of likely N-dealkylation sites (N-methyl/N-ethyl adjacent to an activating group) is 2. The zero-order valence-electron chi connectivity index (χ0n) is 24.8. The van der Waals surface area contributed by atoms with E-state index in [0.717, 1.165) is 19.5 Å². The number of methoxy groups -OCH3 is 1. The van der Waals surface area contributed by atoms with Crippen molar-refractivity contribution in [2.45, 2.75) is 65.2 Å². The van der Waals surface area contributed by atoms with Crippen LogP contribution in [0.5, 0.6) is 5.75 Å². The van der Waals surface area contributed by atoms with E-state index in [-0.39, 0.29) is 41.4 Å². The number of nitrogens with zero attached hydrogens (tertiary/aromatic N) is 3. The molecule has 9 heteroatoms. The Morgan fingerprint density at radius 2 is 1.71 bits per heavy atom. The van der Waals surface area contributed by atoms with E-state index in [4.69, 9.17) is 9.47 Å². The zero-order valence-corrected chi connectivity index (χ0v) is 25.6. The lowest BCUT2D eigenvalue weighted by atomic mass is 9.65. The maximum absolute atomic E-state index is 13.2. The number of benzene rings is 1. The number of aryl methyl sites for hydroxylation is 2. The Morgan fingerprint density at radius 1 is 1.11 bits per heavy atom. The monoisotopic (exact) mass is 551 g/mol. The second kappa shape index (κ2) is 12.2. The molecule has 1 aromatic carbocycles. The van der Waals surface area contributed by atoms with E-state index in [1.165, 1.54) is 43.7 Å². The van der Waals surface area contributed by atoms with Crippen LogP contribution in [-0.2, 0) is 19.6 Å². The van der Waals surface area contributed by atoms with Crippen molar-refractivity contribution < 1.29 is 22.7 Å². The summed E-state index contributed by atoms with van der Waals surface area (Å²) in [6.45, 7) is 15.2. The van der Waals surface area contributed by atoms with Crippen LogP contribution >= 0.6 is 0 Å². The van der Waals surface area contributed by atoms with Crippen LogP contribution < -0.4 is 4.74 Å². The molecule has 0 unspecified atom stereocenters. The highest BCUT2D eigenvalue weighted by Crippen LogP contribution is 2.56. The predicted octanol–water partition coefficient (Wildman–Crippen LogP) is 3.95. The average molecular weight is 552 g/mol. The van der Waals surface area contributed by atoms with Crippen molar-refractivity contribution in [2.24, 2.45) is 16.7 Å². The summed E-state index contributed by atoms with van der Waals surface area (Å²) in [7, 11) is 1.26. The lowest BCUT2D eigenvalue weighted by molar-refractivity contribution is -0.136. The van der Waals surface area contributed by atoms with Crippen molar-refractivity contribution in [1.29, 1.82) is 0 Å². The van der Waals surface area contributed by atoms with E-state index in [0.29, 0.717) is 22.8 Å². The summed E-state index contributed by atoms with van der Waals surface area (Å²) < 4.78 is 38.5. The first kappa shape index (κ1) is 30.9. The van der Waals surface area contributed by atoms with Crippen LogP contribution in [0.4, 0.5) is 0 Å². The summed E-state index contributed by atoms with van der Waals surface area (Å²) in [5.41, 5.74) is 1.66. The van der Waals surface area contributed by atoms with Gasteiger partial charge in [-0.05, 0) is 92.6 Å². The van der Waals surface area contributed by atoms with Gasteiger partial charge in [0.15, 0.2) is 0 Å². The Bertz CT molecular complexity index is 1060. The number of carbonyl (C=O) groups excluding carboxylic acids is 1. The topological polar surface area (TPSA) is 79.4 Å². The molecule has 3 rings (SSSR count). The molecule has 8 nitrogen and oxygen atoms in total.